The van der Waals surface area contributed by atoms with Gasteiger partial charge in [0.05, 0.1) is 6.10 Å². The molecule has 0 heterocycles. The molecular weight excluding hydrogens is 312 g/mol. The molecule has 0 amide bonds. The van der Waals surface area contributed by atoms with Gasteiger partial charge in [0.15, 0.2) is 0 Å². The standard InChI is InChI=1S/C12H18O2.3CO.Cr/c1-9(2)14-12-7-5-4-6-11(12)10(3)8-13;3*1-2;/h4-7,9-10,13H,8H2,1-3H3;;;;/t10-;;;;/m0..../s1. The molecular formula is C15H18CrO5. The van der Waals surface area contributed by atoms with Crippen molar-refractivity contribution in [3.8, 4) is 5.75 Å². The maximum atomic E-state index is 9.09. The summed E-state index contributed by atoms with van der Waals surface area (Å²) < 4.78 is 28.2. The number of hydrogen-bond donors (Lipinski definition) is 1. The second-order valence-electron chi connectivity index (χ2n) is 3.79. The maximum absolute atomic E-state index is 9.09. The number of para-hydroxylation sites is 1. The van der Waals surface area contributed by atoms with E-state index in [1.807, 2.05) is 45.0 Å². The largest absolute Gasteiger partial charge is 0 e. The maximum Gasteiger partial charge on any atom is 0 e. The molecule has 1 aromatic carbocycles. The smallest absolute Gasteiger partial charge is 0 e. The van der Waals surface area contributed by atoms with Crippen LogP contribution in [0.4, 0.5) is 0 Å². The van der Waals surface area contributed by atoms with Crippen LogP contribution in [-0.2, 0) is 31.3 Å². The van der Waals surface area contributed by atoms with Crippen LogP contribution in [0.15, 0.2) is 24.3 Å². The molecule has 21 heavy (non-hydrogen) atoms. The number of rotatable bonds is 4. The summed E-state index contributed by atoms with van der Waals surface area (Å²) >= 11 is 0. The van der Waals surface area contributed by atoms with Crippen LogP contribution in [-0.4, -0.2) is 17.8 Å². The van der Waals surface area contributed by atoms with E-state index in [-0.39, 0.29) is 36.0 Å². The quantitative estimate of drug-likeness (QED) is 0.679. The second-order valence-corrected chi connectivity index (χ2v) is 3.79. The molecule has 1 rings (SSSR count). The molecule has 0 fully saturated rings. The van der Waals surface area contributed by atoms with Crippen LogP contribution in [0.1, 0.15) is 32.3 Å². The molecule has 0 spiro atoms. The molecule has 5 nitrogen and oxygen atoms in total. The van der Waals surface area contributed by atoms with Gasteiger partial charge in [-0.1, -0.05) is 25.1 Å². The molecule has 0 bridgehead atoms. The van der Waals surface area contributed by atoms with Crippen LogP contribution in [0.2, 0.25) is 0 Å². The first-order valence-electron chi connectivity index (χ1n) is 5.62. The minimum Gasteiger partial charge on any atom is 0 e. The Labute approximate surface area is 136 Å². The monoisotopic (exact) mass is 330 g/mol. The number of aliphatic hydroxyl groups excluding tert-OH is 1. The summed E-state index contributed by atoms with van der Waals surface area (Å²) in [5.74, 6) is 1.01. The number of hydrogen-bond acceptors (Lipinski definition) is 2. The predicted octanol–water partition coefficient (Wildman–Crippen LogP) is 2.45. The number of ether oxygens (including phenoxy) is 1. The van der Waals surface area contributed by atoms with Crippen molar-refractivity contribution in [2.24, 2.45) is 0 Å². The Morgan fingerprint density at radius 3 is 1.81 bits per heavy atom. The van der Waals surface area contributed by atoms with E-state index in [0.717, 1.165) is 11.3 Å². The first kappa shape index (κ1) is 28.0. The molecule has 0 aromatic heterocycles. The molecule has 1 aromatic rings. The molecule has 1 N–H and O–H groups in total. The first-order valence-corrected chi connectivity index (χ1v) is 5.62. The molecule has 114 valence electrons. The van der Waals surface area contributed by atoms with E-state index < -0.39 is 0 Å². The van der Waals surface area contributed by atoms with Crippen molar-refractivity contribution in [1.82, 2.24) is 0 Å². The van der Waals surface area contributed by atoms with Crippen LogP contribution in [0, 0.1) is 20.0 Å². The summed E-state index contributed by atoms with van der Waals surface area (Å²) in [7, 11) is 0. The van der Waals surface area contributed by atoms with Crippen molar-refractivity contribution in [2.75, 3.05) is 6.61 Å². The van der Waals surface area contributed by atoms with Gasteiger partial charge < -0.3 is 9.84 Å². The van der Waals surface area contributed by atoms with E-state index in [2.05, 4.69) is 20.0 Å². The van der Waals surface area contributed by atoms with Crippen LogP contribution >= 0.6 is 0 Å². The summed E-state index contributed by atoms with van der Waals surface area (Å²) in [5.41, 5.74) is 1.07. The van der Waals surface area contributed by atoms with Crippen molar-refractivity contribution in [3.63, 3.8) is 0 Å². The van der Waals surface area contributed by atoms with Gasteiger partial charge in [-0.25, -0.2) is 0 Å². The molecule has 6 heteroatoms. The van der Waals surface area contributed by atoms with E-state index in [4.69, 9.17) is 23.8 Å². The number of aliphatic hydroxyl groups is 1. The third kappa shape index (κ3) is 13.5. The zero-order chi connectivity index (χ0) is 16.6. The Morgan fingerprint density at radius 2 is 1.43 bits per heavy atom. The van der Waals surface area contributed by atoms with Gasteiger partial charge in [0.25, 0.3) is 0 Å². The van der Waals surface area contributed by atoms with Crippen molar-refractivity contribution in [3.05, 3.63) is 49.8 Å². The third-order valence-corrected chi connectivity index (χ3v) is 2.09. The topological polar surface area (TPSA) is 89.2 Å². The molecule has 0 radical (unpaired) electrons. The predicted molar refractivity (Wildman–Crippen MR) is 69.5 cm³/mol. The molecule has 0 aliphatic carbocycles. The second kappa shape index (κ2) is 21.0. The minimum atomic E-state index is 0. The summed E-state index contributed by atoms with van der Waals surface area (Å²) in [6.45, 7) is 19.6. The van der Waals surface area contributed by atoms with Crippen LogP contribution < -0.4 is 4.74 Å². The molecule has 1 atom stereocenters. The first-order chi connectivity index (χ1) is 9.65. The average Bonchev–Trinajstić information content (AvgIpc) is 2.52. The molecule has 0 saturated carbocycles. The Bertz CT molecular complexity index is 384. The SMILES string of the molecule is CC(C)Oc1ccccc1[C@@H](C)CO.[C-]#[O+].[C-]#[O+].[C-]#[O+].[Cr]. The van der Waals surface area contributed by atoms with Gasteiger partial charge in [-0.2, -0.15) is 0 Å². The van der Waals surface area contributed by atoms with E-state index in [9.17, 15) is 0 Å². The fourth-order valence-electron chi connectivity index (χ4n) is 1.35. The van der Waals surface area contributed by atoms with Crippen molar-refractivity contribution in [1.29, 1.82) is 0 Å². The summed E-state index contributed by atoms with van der Waals surface area (Å²) in [4.78, 5) is 0. The van der Waals surface area contributed by atoms with Crippen LogP contribution in [0.3, 0.4) is 0 Å². The third-order valence-electron chi connectivity index (χ3n) is 2.09. The summed E-state index contributed by atoms with van der Waals surface area (Å²) in [6.07, 6.45) is 0.169. The average molecular weight is 330 g/mol. The fourth-order valence-corrected chi connectivity index (χ4v) is 1.35. The number of benzene rings is 1. The Morgan fingerprint density at radius 1 is 1.00 bits per heavy atom. The Hall–Kier alpha value is -1.27. The fraction of sp³-hybridized carbons (Fsp3) is 0.400. The van der Waals surface area contributed by atoms with Crippen LogP contribution in [0.25, 0.3) is 0 Å². The summed E-state index contributed by atoms with van der Waals surface area (Å²) in [6, 6.07) is 7.86. The van der Waals surface area contributed by atoms with Gasteiger partial charge in [0.1, 0.15) is 5.75 Å². The van der Waals surface area contributed by atoms with Crippen LogP contribution in [0.5, 0.6) is 5.75 Å². The Balaban J connectivity index is -0.000000183. The summed E-state index contributed by atoms with van der Waals surface area (Å²) in [5, 5.41) is 9.09. The van der Waals surface area contributed by atoms with E-state index in [1.54, 1.807) is 0 Å². The van der Waals surface area contributed by atoms with Gasteiger partial charge >= 0.3 is 33.9 Å². The van der Waals surface area contributed by atoms with Crippen molar-refractivity contribution < 1.29 is 41.2 Å². The van der Waals surface area contributed by atoms with Gasteiger partial charge in [-0.3, -0.25) is 0 Å². The molecule has 0 aliphatic heterocycles. The van der Waals surface area contributed by atoms with Crippen molar-refractivity contribution >= 4 is 0 Å². The minimum absolute atomic E-state index is 0. The van der Waals surface area contributed by atoms with Gasteiger partial charge in [0.2, 0.25) is 0 Å². The molecule has 0 unspecified atom stereocenters. The van der Waals surface area contributed by atoms with E-state index in [0.29, 0.717) is 0 Å². The van der Waals surface area contributed by atoms with Crippen molar-refractivity contribution in [2.45, 2.75) is 32.8 Å². The van der Waals surface area contributed by atoms with Gasteiger partial charge in [0, 0.05) is 29.9 Å². The van der Waals surface area contributed by atoms with E-state index in [1.165, 1.54) is 0 Å². The van der Waals surface area contributed by atoms with Gasteiger partial charge in [-0.15, -0.1) is 0 Å². The normalized spacial score (nSPS) is 8.90. The zero-order valence-electron chi connectivity index (χ0n) is 12.2. The van der Waals surface area contributed by atoms with Gasteiger partial charge in [-0.05, 0) is 25.5 Å². The van der Waals surface area contributed by atoms with E-state index >= 15 is 0 Å². The molecule has 0 aliphatic rings. The zero-order valence-corrected chi connectivity index (χ0v) is 13.4. The Kier molecular flexibility index (Phi) is 28.0. The molecule has 0 saturated heterocycles.